The van der Waals surface area contributed by atoms with E-state index in [9.17, 15) is 14.9 Å². The number of carbonyl (C=O) groups excluding carboxylic acids is 1. The van der Waals surface area contributed by atoms with Gasteiger partial charge in [-0.1, -0.05) is 46.3 Å². The van der Waals surface area contributed by atoms with Gasteiger partial charge in [-0.05, 0) is 39.7 Å². The summed E-state index contributed by atoms with van der Waals surface area (Å²) >= 11 is 6.64. The van der Waals surface area contributed by atoms with Crippen LogP contribution in [0.3, 0.4) is 0 Å². The third-order valence-electron chi connectivity index (χ3n) is 3.10. The quantitative estimate of drug-likeness (QED) is 0.192. The summed E-state index contributed by atoms with van der Waals surface area (Å²) in [5.41, 5.74) is 1.21. The van der Waals surface area contributed by atoms with Crippen LogP contribution >= 0.6 is 31.9 Å². The number of halogens is 2. The molecule has 0 aliphatic heterocycles. The minimum Gasteiger partial charge on any atom is -0.422 e. The topological polar surface area (TPSA) is 69.4 Å². The van der Waals surface area contributed by atoms with Crippen molar-refractivity contribution in [3.8, 4) is 5.75 Å². The number of ether oxygens (including phenoxy) is 1. The van der Waals surface area contributed by atoms with Crippen molar-refractivity contribution >= 4 is 50.0 Å². The summed E-state index contributed by atoms with van der Waals surface area (Å²) in [4.78, 5) is 22.5. The molecule has 0 saturated carbocycles. The molecule has 0 bridgehead atoms. The molecular formula is C18H13Br2NO4. The van der Waals surface area contributed by atoms with Crippen LogP contribution in [-0.2, 0) is 4.79 Å². The van der Waals surface area contributed by atoms with E-state index < -0.39 is 10.9 Å². The summed E-state index contributed by atoms with van der Waals surface area (Å²) in [6.45, 7) is 1.37. The van der Waals surface area contributed by atoms with E-state index >= 15 is 0 Å². The molecule has 0 amide bonds. The van der Waals surface area contributed by atoms with Gasteiger partial charge >= 0.3 is 5.97 Å². The standard InChI is InChI=1S/C18H13Br2NO4/c1-12(21(23)24)9-14-10-15(19)11-16(20)18(14)25-17(22)8-7-13-5-3-2-4-6-13/h2-11H,1H3/b8-7+,12-9+. The number of allylic oxidation sites excluding steroid dienone is 1. The molecule has 2 aromatic rings. The Hall–Kier alpha value is -2.25. The van der Waals surface area contributed by atoms with E-state index in [0.717, 1.165) is 5.56 Å². The summed E-state index contributed by atoms with van der Waals surface area (Å²) in [6, 6.07) is 12.6. The molecule has 0 saturated heterocycles. The minimum atomic E-state index is -0.583. The maximum atomic E-state index is 12.1. The number of carbonyl (C=O) groups is 1. The van der Waals surface area contributed by atoms with Gasteiger partial charge in [0.15, 0.2) is 5.75 Å². The zero-order valence-corrected chi connectivity index (χ0v) is 16.3. The fraction of sp³-hybridized carbons (Fsp3) is 0.0556. The van der Waals surface area contributed by atoms with Crippen molar-refractivity contribution in [3.63, 3.8) is 0 Å². The van der Waals surface area contributed by atoms with Gasteiger partial charge in [-0.15, -0.1) is 0 Å². The van der Waals surface area contributed by atoms with Crippen LogP contribution < -0.4 is 4.74 Å². The predicted molar refractivity (Wildman–Crippen MR) is 104 cm³/mol. The van der Waals surface area contributed by atoms with Gasteiger partial charge in [0, 0.05) is 29.1 Å². The lowest BCUT2D eigenvalue weighted by atomic mass is 10.1. The monoisotopic (exact) mass is 465 g/mol. The van der Waals surface area contributed by atoms with Crippen LogP contribution in [0.5, 0.6) is 5.75 Å². The van der Waals surface area contributed by atoms with Gasteiger partial charge in [0.2, 0.25) is 5.70 Å². The highest BCUT2D eigenvalue weighted by molar-refractivity contribution is 9.11. The van der Waals surface area contributed by atoms with E-state index in [2.05, 4.69) is 31.9 Å². The number of nitro groups is 1. The molecule has 2 aromatic carbocycles. The molecule has 0 spiro atoms. The highest BCUT2D eigenvalue weighted by Gasteiger charge is 2.14. The van der Waals surface area contributed by atoms with Gasteiger partial charge in [0.05, 0.1) is 9.40 Å². The average Bonchev–Trinajstić information content (AvgIpc) is 2.57. The molecule has 0 fully saturated rings. The fourth-order valence-electron chi connectivity index (χ4n) is 1.94. The van der Waals surface area contributed by atoms with Crippen molar-refractivity contribution in [2.75, 3.05) is 0 Å². The molecule has 128 valence electrons. The minimum absolute atomic E-state index is 0.0675. The lowest BCUT2D eigenvalue weighted by Crippen LogP contribution is -2.06. The Labute approximate surface area is 161 Å². The molecule has 25 heavy (non-hydrogen) atoms. The predicted octanol–water partition coefficient (Wildman–Crippen LogP) is 5.47. The summed E-state index contributed by atoms with van der Waals surface area (Å²) in [6.07, 6.45) is 4.28. The smallest absolute Gasteiger partial charge is 0.336 e. The van der Waals surface area contributed by atoms with Crippen LogP contribution in [-0.4, -0.2) is 10.9 Å². The van der Waals surface area contributed by atoms with Gasteiger partial charge in [-0.3, -0.25) is 10.1 Å². The Morgan fingerprint density at radius 3 is 2.52 bits per heavy atom. The highest BCUT2D eigenvalue weighted by atomic mass is 79.9. The zero-order chi connectivity index (χ0) is 18.4. The van der Waals surface area contributed by atoms with Crippen LogP contribution in [0.1, 0.15) is 18.1 Å². The van der Waals surface area contributed by atoms with E-state index in [1.165, 1.54) is 19.1 Å². The largest absolute Gasteiger partial charge is 0.422 e. The molecule has 0 radical (unpaired) electrons. The Bertz CT molecular complexity index is 861. The maximum Gasteiger partial charge on any atom is 0.336 e. The second-order valence-electron chi connectivity index (χ2n) is 5.01. The fourth-order valence-corrected chi connectivity index (χ4v) is 3.28. The molecule has 0 aromatic heterocycles. The summed E-state index contributed by atoms with van der Waals surface area (Å²) in [5, 5.41) is 10.9. The first-order valence-corrected chi connectivity index (χ1v) is 8.72. The summed E-state index contributed by atoms with van der Waals surface area (Å²) in [7, 11) is 0. The molecule has 0 aliphatic rings. The van der Waals surface area contributed by atoms with Crippen molar-refractivity contribution in [2.24, 2.45) is 0 Å². The lowest BCUT2D eigenvalue weighted by Gasteiger charge is -2.09. The van der Waals surface area contributed by atoms with Crippen molar-refractivity contribution in [1.82, 2.24) is 0 Å². The molecule has 0 heterocycles. The van der Waals surface area contributed by atoms with Crippen LogP contribution in [0.15, 0.2) is 63.2 Å². The highest BCUT2D eigenvalue weighted by Crippen LogP contribution is 2.34. The van der Waals surface area contributed by atoms with Gasteiger partial charge < -0.3 is 4.74 Å². The lowest BCUT2D eigenvalue weighted by molar-refractivity contribution is -0.422. The van der Waals surface area contributed by atoms with Crippen molar-refractivity contribution in [2.45, 2.75) is 6.92 Å². The van der Waals surface area contributed by atoms with Gasteiger partial charge in [-0.2, -0.15) is 0 Å². The van der Waals surface area contributed by atoms with E-state index in [1.807, 2.05) is 30.3 Å². The molecule has 0 unspecified atom stereocenters. The molecule has 0 N–H and O–H groups in total. The maximum absolute atomic E-state index is 12.1. The second kappa shape index (κ2) is 8.73. The average molecular weight is 467 g/mol. The van der Waals surface area contributed by atoms with E-state index in [-0.39, 0.29) is 11.4 Å². The normalized spacial score (nSPS) is 11.6. The first-order valence-electron chi connectivity index (χ1n) is 7.13. The molecule has 7 heteroatoms. The Morgan fingerprint density at radius 1 is 1.20 bits per heavy atom. The van der Waals surface area contributed by atoms with Crippen molar-refractivity contribution < 1.29 is 14.5 Å². The molecule has 2 rings (SSSR count). The third-order valence-corrected chi connectivity index (χ3v) is 4.15. The zero-order valence-electron chi connectivity index (χ0n) is 13.1. The number of nitrogens with zero attached hydrogens (tertiary/aromatic N) is 1. The van der Waals surface area contributed by atoms with E-state index in [1.54, 1.807) is 18.2 Å². The number of hydrogen-bond acceptors (Lipinski definition) is 4. The van der Waals surface area contributed by atoms with Crippen molar-refractivity contribution in [3.05, 3.63) is 84.4 Å². The Kier molecular flexibility index (Phi) is 6.66. The third kappa shape index (κ3) is 5.65. The SMILES string of the molecule is C/C(=C\c1cc(Br)cc(Br)c1OC(=O)/C=C/c1ccccc1)[N+](=O)[O-]. The summed E-state index contributed by atoms with van der Waals surface area (Å²) in [5.74, 6) is -0.368. The van der Waals surface area contributed by atoms with Gasteiger partial charge in [0.1, 0.15) is 0 Å². The number of esters is 1. The van der Waals surface area contributed by atoms with Crippen LogP contribution in [0.2, 0.25) is 0 Å². The van der Waals surface area contributed by atoms with E-state index in [0.29, 0.717) is 14.5 Å². The van der Waals surface area contributed by atoms with Gasteiger partial charge in [0.25, 0.3) is 0 Å². The van der Waals surface area contributed by atoms with Crippen LogP contribution in [0.25, 0.3) is 12.2 Å². The van der Waals surface area contributed by atoms with E-state index in [4.69, 9.17) is 4.74 Å². The first kappa shape index (κ1) is 19.1. The second-order valence-corrected chi connectivity index (χ2v) is 6.78. The first-order chi connectivity index (χ1) is 11.9. The van der Waals surface area contributed by atoms with Gasteiger partial charge in [-0.25, -0.2) is 4.79 Å². The molecule has 5 nitrogen and oxygen atoms in total. The van der Waals surface area contributed by atoms with Crippen LogP contribution in [0.4, 0.5) is 0 Å². The molecule has 0 aliphatic carbocycles. The Morgan fingerprint density at radius 2 is 1.88 bits per heavy atom. The Balaban J connectivity index is 2.29. The molecule has 0 atom stereocenters. The summed E-state index contributed by atoms with van der Waals surface area (Å²) < 4.78 is 6.57. The van der Waals surface area contributed by atoms with Crippen LogP contribution in [0, 0.1) is 10.1 Å². The number of rotatable bonds is 5. The number of benzene rings is 2. The molecular weight excluding hydrogens is 454 g/mol. The number of hydrogen-bond donors (Lipinski definition) is 0. The van der Waals surface area contributed by atoms with Crippen molar-refractivity contribution in [1.29, 1.82) is 0 Å².